The second-order valence-electron chi connectivity index (χ2n) is 6.44. The van der Waals surface area contributed by atoms with Crippen molar-refractivity contribution < 1.29 is 18.7 Å². The molecule has 4 rings (SSSR count). The number of likely N-dealkylation sites (tertiary alicyclic amines) is 1. The number of carbonyl (C=O) groups excluding carboxylic acids is 2. The number of carbonyl (C=O) groups is 2. The number of oxazole rings is 1. The molecule has 1 saturated heterocycles. The second kappa shape index (κ2) is 7.51. The Bertz CT molecular complexity index is 1010. The van der Waals surface area contributed by atoms with Gasteiger partial charge in [-0.05, 0) is 31.9 Å². The number of aryl methyl sites for hydroxylation is 1. The van der Waals surface area contributed by atoms with Gasteiger partial charge in [0.25, 0.3) is 5.91 Å². The highest BCUT2D eigenvalue weighted by Crippen LogP contribution is 2.35. The molecule has 1 atom stereocenters. The zero-order chi connectivity index (χ0) is 19.7. The van der Waals surface area contributed by atoms with Gasteiger partial charge in [-0.2, -0.15) is 0 Å². The first-order chi connectivity index (χ1) is 13.6. The SMILES string of the molecule is COC(=O)c1cc(C(=O)N2CCCC2c2nc(C)cs2)cc(-c2ncco2)n1. The number of rotatable bonds is 4. The van der Waals surface area contributed by atoms with Crippen molar-refractivity contribution in [1.82, 2.24) is 19.9 Å². The van der Waals surface area contributed by atoms with Crippen molar-refractivity contribution in [3.63, 3.8) is 0 Å². The summed E-state index contributed by atoms with van der Waals surface area (Å²) in [6, 6.07) is 2.97. The molecule has 1 amide bonds. The molecule has 0 saturated carbocycles. The highest BCUT2D eigenvalue weighted by atomic mass is 32.1. The Labute approximate surface area is 165 Å². The van der Waals surface area contributed by atoms with E-state index in [1.165, 1.54) is 25.6 Å². The molecule has 3 aromatic heterocycles. The molecule has 144 valence electrons. The molecule has 0 spiro atoms. The van der Waals surface area contributed by atoms with Gasteiger partial charge in [0.05, 0.1) is 19.3 Å². The molecule has 0 radical (unpaired) electrons. The number of nitrogens with zero attached hydrogens (tertiary/aromatic N) is 4. The maximum Gasteiger partial charge on any atom is 0.356 e. The Kier molecular flexibility index (Phi) is 4.91. The van der Waals surface area contributed by atoms with Gasteiger partial charge >= 0.3 is 5.97 Å². The predicted octanol–water partition coefficient (Wildman–Crippen LogP) is 3.27. The van der Waals surface area contributed by atoms with E-state index in [0.717, 1.165) is 23.5 Å². The van der Waals surface area contributed by atoms with Gasteiger partial charge in [0, 0.05) is 23.2 Å². The first kappa shape index (κ1) is 18.3. The minimum atomic E-state index is -0.629. The van der Waals surface area contributed by atoms with E-state index < -0.39 is 5.97 Å². The summed E-state index contributed by atoms with van der Waals surface area (Å²) in [4.78, 5) is 40.0. The molecule has 1 fully saturated rings. The number of amides is 1. The lowest BCUT2D eigenvalue weighted by atomic mass is 10.1. The van der Waals surface area contributed by atoms with Crippen LogP contribution in [0.2, 0.25) is 0 Å². The summed E-state index contributed by atoms with van der Waals surface area (Å²) in [6.07, 6.45) is 4.64. The van der Waals surface area contributed by atoms with E-state index in [4.69, 9.17) is 9.15 Å². The molecule has 8 nitrogen and oxygen atoms in total. The second-order valence-corrected chi connectivity index (χ2v) is 7.33. The third-order valence-corrected chi connectivity index (χ3v) is 5.62. The number of methoxy groups -OCH3 is 1. The van der Waals surface area contributed by atoms with E-state index in [1.54, 1.807) is 22.3 Å². The fraction of sp³-hybridized carbons (Fsp3) is 0.316. The number of esters is 1. The summed E-state index contributed by atoms with van der Waals surface area (Å²) >= 11 is 1.56. The number of aromatic nitrogens is 3. The summed E-state index contributed by atoms with van der Waals surface area (Å²) < 4.78 is 10.1. The largest absolute Gasteiger partial charge is 0.464 e. The molecule has 28 heavy (non-hydrogen) atoms. The fourth-order valence-electron chi connectivity index (χ4n) is 3.28. The molecule has 1 unspecified atom stereocenters. The fourth-order valence-corrected chi connectivity index (χ4v) is 4.22. The first-order valence-corrected chi connectivity index (χ1v) is 9.68. The number of hydrogen-bond acceptors (Lipinski definition) is 8. The van der Waals surface area contributed by atoms with Crippen molar-refractivity contribution in [2.75, 3.05) is 13.7 Å². The first-order valence-electron chi connectivity index (χ1n) is 8.80. The van der Waals surface area contributed by atoms with E-state index in [0.29, 0.717) is 17.8 Å². The van der Waals surface area contributed by atoms with Crippen LogP contribution >= 0.6 is 11.3 Å². The average Bonchev–Trinajstić information content (AvgIpc) is 3.47. The van der Waals surface area contributed by atoms with Gasteiger partial charge in [0.15, 0.2) is 0 Å². The van der Waals surface area contributed by atoms with Crippen LogP contribution < -0.4 is 0 Å². The minimum Gasteiger partial charge on any atom is -0.464 e. The Morgan fingerprint density at radius 2 is 2.18 bits per heavy atom. The molecular formula is C19H18N4O4S. The van der Waals surface area contributed by atoms with Crippen LogP contribution in [-0.2, 0) is 4.74 Å². The normalized spacial score (nSPS) is 16.4. The third-order valence-electron chi connectivity index (χ3n) is 4.55. The van der Waals surface area contributed by atoms with Gasteiger partial charge in [-0.1, -0.05) is 0 Å². The maximum absolute atomic E-state index is 13.3. The Morgan fingerprint density at radius 3 is 2.86 bits per heavy atom. The van der Waals surface area contributed by atoms with Gasteiger partial charge in [-0.3, -0.25) is 4.79 Å². The van der Waals surface area contributed by atoms with Crippen molar-refractivity contribution >= 4 is 23.2 Å². The van der Waals surface area contributed by atoms with Crippen LogP contribution in [0.5, 0.6) is 0 Å². The topological polar surface area (TPSA) is 98.4 Å². The summed E-state index contributed by atoms with van der Waals surface area (Å²) in [5.74, 6) is -0.583. The van der Waals surface area contributed by atoms with Crippen LogP contribution in [0, 0.1) is 6.92 Å². The van der Waals surface area contributed by atoms with Gasteiger partial charge in [-0.15, -0.1) is 11.3 Å². The van der Waals surface area contributed by atoms with Crippen LogP contribution in [0.25, 0.3) is 11.6 Å². The molecule has 4 heterocycles. The lowest BCUT2D eigenvalue weighted by molar-refractivity contribution is 0.0594. The molecular weight excluding hydrogens is 380 g/mol. The van der Waals surface area contributed by atoms with E-state index in [9.17, 15) is 9.59 Å². The molecule has 3 aromatic rings. The van der Waals surface area contributed by atoms with Crippen molar-refractivity contribution in [3.8, 4) is 11.6 Å². The Balaban J connectivity index is 1.71. The van der Waals surface area contributed by atoms with Crippen LogP contribution in [0.15, 0.2) is 34.4 Å². The number of thiazole rings is 1. The zero-order valence-corrected chi connectivity index (χ0v) is 16.2. The highest BCUT2D eigenvalue weighted by Gasteiger charge is 2.33. The standard InChI is InChI=1S/C19H18N4O4S/c1-11-10-28-17(21-11)15-4-3-6-23(15)18(24)12-8-13(16-20-5-7-27-16)22-14(9-12)19(25)26-2/h5,7-10,15H,3-4,6H2,1-2H3. The molecule has 1 aliphatic rings. The average molecular weight is 398 g/mol. The summed E-state index contributed by atoms with van der Waals surface area (Å²) in [6.45, 7) is 2.57. The van der Waals surface area contributed by atoms with Gasteiger partial charge in [0.1, 0.15) is 22.7 Å². The van der Waals surface area contributed by atoms with E-state index >= 15 is 0 Å². The molecule has 0 N–H and O–H groups in total. The highest BCUT2D eigenvalue weighted by molar-refractivity contribution is 7.09. The summed E-state index contributed by atoms with van der Waals surface area (Å²) in [5.41, 5.74) is 1.62. The summed E-state index contributed by atoms with van der Waals surface area (Å²) in [7, 11) is 1.27. The van der Waals surface area contributed by atoms with E-state index in [2.05, 4.69) is 15.0 Å². The minimum absolute atomic E-state index is 0.0300. The van der Waals surface area contributed by atoms with Gasteiger partial charge < -0.3 is 14.1 Å². The monoisotopic (exact) mass is 398 g/mol. The number of ether oxygens (including phenoxy) is 1. The molecule has 0 aliphatic carbocycles. The van der Waals surface area contributed by atoms with Crippen molar-refractivity contribution in [1.29, 1.82) is 0 Å². The smallest absolute Gasteiger partial charge is 0.356 e. The lowest BCUT2D eigenvalue weighted by Gasteiger charge is -2.23. The van der Waals surface area contributed by atoms with E-state index in [-0.39, 0.29) is 23.5 Å². The lowest BCUT2D eigenvalue weighted by Crippen LogP contribution is -2.31. The van der Waals surface area contributed by atoms with E-state index in [1.807, 2.05) is 12.3 Å². The predicted molar refractivity (Wildman–Crippen MR) is 101 cm³/mol. The Hall–Kier alpha value is -3.07. The van der Waals surface area contributed by atoms with Crippen LogP contribution in [0.1, 0.15) is 50.4 Å². The Morgan fingerprint density at radius 1 is 1.32 bits per heavy atom. The third kappa shape index (κ3) is 3.40. The number of hydrogen-bond donors (Lipinski definition) is 0. The van der Waals surface area contributed by atoms with Gasteiger partial charge in [-0.25, -0.2) is 19.7 Å². The molecule has 1 aliphatic heterocycles. The van der Waals surface area contributed by atoms with Gasteiger partial charge in [0.2, 0.25) is 5.89 Å². The number of pyridine rings is 1. The van der Waals surface area contributed by atoms with Crippen molar-refractivity contribution in [2.45, 2.75) is 25.8 Å². The maximum atomic E-state index is 13.3. The van der Waals surface area contributed by atoms with Crippen molar-refractivity contribution in [2.24, 2.45) is 0 Å². The zero-order valence-electron chi connectivity index (χ0n) is 15.4. The molecule has 9 heteroatoms. The summed E-state index contributed by atoms with van der Waals surface area (Å²) in [5, 5.41) is 2.91. The quantitative estimate of drug-likeness (QED) is 0.622. The molecule has 0 aromatic carbocycles. The van der Waals surface area contributed by atoms with Crippen LogP contribution in [0.3, 0.4) is 0 Å². The molecule has 0 bridgehead atoms. The van der Waals surface area contributed by atoms with Crippen LogP contribution in [0.4, 0.5) is 0 Å². The van der Waals surface area contributed by atoms with Crippen molar-refractivity contribution in [3.05, 3.63) is 51.9 Å². The van der Waals surface area contributed by atoms with Crippen LogP contribution in [-0.4, -0.2) is 45.4 Å².